The zero-order chi connectivity index (χ0) is 25.8. The largest absolute Gasteiger partial charge is 0.497 e. The monoisotopic (exact) mass is 511 g/mol. The molecule has 3 aliphatic rings. The molecule has 6 heteroatoms. The number of imide groups is 1. The van der Waals surface area contributed by atoms with Gasteiger partial charge in [-0.15, -0.1) is 0 Å². The predicted molar refractivity (Wildman–Crippen MR) is 144 cm³/mol. The van der Waals surface area contributed by atoms with Gasteiger partial charge in [0.2, 0.25) is 11.8 Å². The van der Waals surface area contributed by atoms with Crippen LogP contribution in [0.2, 0.25) is 5.02 Å². The number of fused-ring (bicyclic) bond motifs is 5. The molecule has 4 atom stereocenters. The van der Waals surface area contributed by atoms with Gasteiger partial charge in [-0.05, 0) is 71.2 Å². The van der Waals surface area contributed by atoms with Crippen molar-refractivity contribution < 1.29 is 19.1 Å². The summed E-state index contributed by atoms with van der Waals surface area (Å²) in [4.78, 5) is 28.9. The van der Waals surface area contributed by atoms with Crippen molar-refractivity contribution in [2.75, 3.05) is 19.1 Å². The van der Waals surface area contributed by atoms with E-state index in [1.165, 1.54) is 4.90 Å². The molecule has 2 aliphatic carbocycles. The number of methoxy groups -OCH3 is 2. The van der Waals surface area contributed by atoms with Crippen LogP contribution in [0.25, 0.3) is 5.57 Å². The van der Waals surface area contributed by atoms with Crippen molar-refractivity contribution in [2.24, 2.45) is 23.7 Å². The number of benzene rings is 3. The molecular formula is C31H26ClNO4. The third-order valence-corrected chi connectivity index (χ3v) is 8.28. The van der Waals surface area contributed by atoms with Gasteiger partial charge in [-0.2, -0.15) is 0 Å². The Morgan fingerprint density at radius 1 is 0.757 bits per heavy atom. The summed E-state index contributed by atoms with van der Waals surface area (Å²) in [6, 6.07) is 21.2. The first-order chi connectivity index (χ1) is 17.9. The molecule has 37 heavy (non-hydrogen) atoms. The van der Waals surface area contributed by atoms with Crippen LogP contribution in [0.5, 0.6) is 11.5 Å². The number of aryl methyl sites for hydroxylation is 1. The molecule has 1 saturated carbocycles. The molecule has 186 valence electrons. The summed E-state index contributed by atoms with van der Waals surface area (Å²) in [6.45, 7) is 1.90. The second kappa shape index (κ2) is 8.93. The third kappa shape index (κ3) is 3.60. The number of anilines is 1. The summed E-state index contributed by atoms with van der Waals surface area (Å²) in [5, 5.41) is 0.540. The Morgan fingerprint density at radius 3 is 1.68 bits per heavy atom. The minimum atomic E-state index is -0.427. The molecule has 0 aromatic heterocycles. The highest BCUT2D eigenvalue weighted by atomic mass is 35.5. The normalized spacial score (nSPS) is 23.6. The smallest absolute Gasteiger partial charge is 0.238 e. The van der Waals surface area contributed by atoms with E-state index in [0.29, 0.717) is 10.7 Å². The minimum absolute atomic E-state index is 0.156. The number of hydrogen-bond acceptors (Lipinski definition) is 4. The second-order valence-corrected chi connectivity index (χ2v) is 10.1. The van der Waals surface area contributed by atoms with Gasteiger partial charge in [-0.25, -0.2) is 4.90 Å². The van der Waals surface area contributed by atoms with Crippen molar-refractivity contribution in [3.63, 3.8) is 0 Å². The highest BCUT2D eigenvalue weighted by Crippen LogP contribution is 2.59. The highest BCUT2D eigenvalue weighted by molar-refractivity contribution is 6.32. The zero-order valence-corrected chi connectivity index (χ0v) is 21.5. The molecule has 0 spiro atoms. The van der Waals surface area contributed by atoms with Crippen molar-refractivity contribution in [1.82, 2.24) is 0 Å². The first-order valence-electron chi connectivity index (χ1n) is 12.3. The lowest BCUT2D eigenvalue weighted by molar-refractivity contribution is -0.122. The van der Waals surface area contributed by atoms with E-state index in [0.717, 1.165) is 39.3 Å². The quantitative estimate of drug-likeness (QED) is 0.307. The van der Waals surface area contributed by atoms with E-state index in [4.69, 9.17) is 21.1 Å². The molecule has 2 amide bonds. The zero-order valence-electron chi connectivity index (χ0n) is 20.8. The fourth-order valence-corrected chi connectivity index (χ4v) is 6.26. The lowest BCUT2D eigenvalue weighted by Gasteiger charge is -2.22. The van der Waals surface area contributed by atoms with Gasteiger partial charge in [-0.1, -0.05) is 54.1 Å². The molecule has 0 N–H and O–H groups in total. The Morgan fingerprint density at radius 2 is 1.24 bits per heavy atom. The van der Waals surface area contributed by atoms with Crippen molar-refractivity contribution >= 4 is 34.7 Å². The van der Waals surface area contributed by atoms with E-state index in [1.807, 2.05) is 61.5 Å². The average Bonchev–Trinajstić information content (AvgIpc) is 3.55. The Labute approximate surface area is 221 Å². The number of carbonyl (C=O) groups excluding carboxylic acids is 2. The van der Waals surface area contributed by atoms with Gasteiger partial charge in [0.15, 0.2) is 0 Å². The summed E-state index contributed by atoms with van der Waals surface area (Å²) >= 11 is 6.33. The Hall–Kier alpha value is -3.83. The maximum Gasteiger partial charge on any atom is 0.238 e. The Kier molecular flexibility index (Phi) is 5.68. The first-order valence-corrected chi connectivity index (χ1v) is 12.7. The van der Waals surface area contributed by atoms with E-state index in [1.54, 1.807) is 26.4 Å². The molecule has 3 aromatic rings. The topological polar surface area (TPSA) is 55.8 Å². The van der Waals surface area contributed by atoms with Crippen LogP contribution in [0.4, 0.5) is 5.69 Å². The highest BCUT2D eigenvalue weighted by Gasteiger charge is 2.62. The van der Waals surface area contributed by atoms with Gasteiger partial charge in [0.05, 0.1) is 31.7 Å². The maximum atomic E-state index is 13.8. The predicted octanol–water partition coefficient (Wildman–Crippen LogP) is 6.09. The number of nitrogens with zero attached hydrogens (tertiary/aromatic N) is 1. The number of rotatable bonds is 5. The van der Waals surface area contributed by atoms with Crippen molar-refractivity contribution in [1.29, 1.82) is 0 Å². The second-order valence-electron chi connectivity index (χ2n) is 9.72. The fraction of sp³-hybridized carbons (Fsp3) is 0.226. The number of hydrogen-bond donors (Lipinski definition) is 0. The number of allylic oxidation sites excluding steroid dienone is 3. The number of ether oxygens (including phenoxy) is 2. The molecule has 1 heterocycles. The minimum Gasteiger partial charge on any atom is -0.497 e. The van der Waals surface area contributed by atoms with Crippen LogP contribution in [-0.4, -0.2) is 26.0 Å². The number of carbonyl (C=O) groups is 2. The van der Waals surface area contributed by atoms with Gasteiger partial charge >= 0.3 is 0 Å². The van der Waals surface area contributed by atoms with Crippen LogP contribution in [0.3, 0.4) is 0 Å². The molecule has 2 bridgehead atoms. The average molecular weight is 512 g/mol. The van der Waals surface area contributed by atoms with Crippen LogP contribution in [0.15, 0.2) is 84.5 Å². The first kappa shape index (κ1) is 23.6. The third-order valence-electron chi connectivity index (χ3n) is 7.88. The molecule has 6 rings (SSSR count). The molecular weight excluding hydrogens is 486 g/mol. The lowest BCUT2D eigenvalue weighted by Crippen LogP contribution is -2.33. The number of amides is 2. The van der Waals surface area contributed by atoms with Crippen LogP contribution in [-0.2, 0) is 9.59 Å². The van der Waals surface area contributed by atoms with E-state index < -0.39 is 11.8 Å². The fourth-order valence-electron chi connectivity index (χ4n) is 6.09. The van der Waals surface area contributed by atoms with Crippen LogP contribution in [0, 0.1) is 30.6 Å². The van der Waals surface area contributed by atoms with Gasteiger partial charge in [0.1, 0.15) is 11.5 Å². The Bertz CT molecular complexity index is 1390. The molecule has 0 unspecified atom stereocenters. The van der Waals surface area contributed by atoms with Gasteiger partial charge in [0, 0.05) is 16.9 Å². The van der Waals surface area contributed by atoms with Gasteiger partial charge in [-0.3, -0.25) is 9.59 Å². The molecule has 2 fully saturated rings. The van der Waals surface area contributed by atoms with E-state index in [-0.39, 0.29) is 23.7 Å². The van der Waals surface area contributed by atoms with Crippen molar-refractivity contribution in [2.45, 2.75) is 6.92 Å². The summed E-state index contributed by atoms with van der Waals surface area (Å²) in [6.07, 6.45) is 4.20. The van der Waals surface area contributed by atoms with Crippen LogP contribution >= 0.6 is 11.6 Å². The molecule has 0 radical (unpaired) electrons. The molecule has 1 aliphatic heterocycles. The van der Waals surface area contributed by atoms with E-state index in [9.17, 15) is 9.59 Å². The standard InChI is InChI=1S/C31H26ClNO4/c1-17-4-9-20(16-25(17)32)33-30(34)28-23-14-15-24(29(28)31(33)35)27(23)26(18-5-10-21(36-2)11-6-18)19-7-12-22(37-3)13-8-19/h4-16,23-24,28-29H,1-3H3/t23-,24-,28+,29+/m1/s1. The Balaban J connectivity index is 1.47. The van der Waals surface area contributed by atoms with Gasteiger partial charge < -0.3 is 9.47 Å². The van der Waals surface area contributed by atoms with Crippen molar-refractivity contribution in [3.05, 3.63) is 106 Å². The summed E-state index contributed by atoms with van der Waals surface area (Å²) in [5.74, 6) is 0.0532. The van der Waals surface area contributed by atoms with E-state index >= 15 is 0 Å². The van der Waals surface area contributed by atoms with Gasteiger partial charge in [0.25, 0.3) is 0 Å². The van der Waals surface area contributed by atoms with Crippen LogP contribution < -0.4 is 14.4 Å². The summed E-state index contributed by atoms with van der Waals surface area (Å²) < 4.78 is 10.7. The molecule has 3 aromatic carbocycles. The number of halogens is 1. The molecule has 1 saturated heterocycles. The maximum absolute atomic E-state index is 13.8. The SMILES string of the molecule is COc1ccc(C(=C2[C@H]3C=C[C@H]2[C@@H]2C(=O)N(c4ccc(C)c(Cl)c4)C(=O)[C@H]23)c2ccc(OC)cc2)cc1. The van der Waals surface area contributed by atoms with E-state index in [2.05, 4.69) is 12.2 Å². The van der Waals surface area contributed by atoms with Crippen molar-refractivity contribution in [3.8, 4) is 11.5 Å². The molecule has 5 nitrogen and oxygen atoms in total. The summed E-state index contributed by atoms with van der Waals surface area (Å²) in [7, 11) is 3.29. The van der Waals surface area contributed by atoms with Crippen LogP contribution in [0.1, 0.15) is 16.7 Å². The summed E-state index contributed by atoms with van der Waals surface area (Å²) in [5.41, 5.74) is 5.64. The lowest BCUT2D eigenvalue weighted by atomic mass is 9.85.